The molecule has 6 heteroatoms. The number of hydrogen-bond donors (Lipinski definition) is 0. The van der Waals surface area contributed by atoms with Gasteiger partial charge in [0, 0.05) is 16.6 Å². The summed E-state index contributed by atoms with van der Waals surface area (Å²) in [6, 6.07) is 6.42. The highest BCUT2D eigenvalue weighted by Crippen LogP contribution is 2.61. The van der Waals surface area contributed by atoms with Crippen LogP contribution in [0.2, 0.25) is 0 Å². The lowest BCUT2D eigenvalue weighted by molar-refractivity contribution is -0.124. The summed E-state index contributed by atoms with van der Waals surface area (Å²) in [6.45, 7) is 3.31. The fraction of sp³-hybridized carbons (Fsp3) is 0.526. The molecule has 3 fully saturated rings. The molecule has 0 radical (unpaired) electrons. The maximum absolute atomic E-state index is 13.2. The molecule has 3 heterocycles. The van der Waals surface area contributed by atoms with Crippen LogP contribution in [-0.4, -0.2) is 34.8 Å². The van der Waals surface area contributed by atoms with Crippen LogP contribution in [0, 0.1) is 23.2 Å². The van der Waals surface area contributed by atoms with Gasteiger partial charge in [0.25, 0.3) is 0 Å². The van der Waals surface area contributed by atoms with E-state index >= 15 is 0 Å². The summed E-state index contributed by atoms with van der Waals surface area (Å²) < 4.78 is 13.2. The van der Waals surface area contributed by atoms with Crippen molar-refractivity contribution in [3.8, 4) is 6.07 Å². The van der Waals surface area contributed by atoms with E-state index in [4.69, 9.17) is 5.26 Å². The van der Waals surface area contributed by atoms with Crippen LogP contribution in [0.3, 0.4) is 0 Å². The van der Waals surface area contributed by atoms with Crippen molar-refractivity contribution in [2.75, 3.05) is 11.9 Å². The normalized spacial score (nSPS) is 36.8. The zero-order chi connectivity index (χ0) is 18.1. The van der Waals surface area contributed by atoms with E-state index in [1.807, 2.05) is 13.1 Å². The largest absolute Gasteiger partial charge is 0.294 e. The molecule has 1 aromatic carbocycles. The Morgan fingerprint density at radius 1 is 1.20 bits per heavy atom. The molecule has 130 valence electrons. The first-order valence-electron chi connectivity index (χ1n) is 8.50. The van der Waals surface area contributed by atoms with Crippen molar-refractivity contribution in [2.24, 2.45) is 11.8 Å². The smallest absolute Gasteiger partial charge is 0.239 e. The summed E-state index contributed by atoms with van der Waals surface area (Å²) in [4.78, 5) is 29.7. The molecule has 0 N–H and O–H groups in total. The predicted molar refractivity (Wildman–Crippen MR) is 89.2 cm³/mol. The summed E-state index contributed by atoms with van der Waals surface area (Å²) in [5, 5.41) is 9.05. The number of amides is 2. The Bertz CT molecular complexity index is 812. The van der Waals surface area contributed by atoms with E-state index in [0.29, 0.717) is 5.69 Å². The molecule has 5 nitrogen and oxygen atoms in total. The molecule has 25 heavy (non-hydrogen) atoms. The first kappa shape index (κ1) is 16.2. The van der Waals surface area contributed by atoms with Gasteiger partial charge in [0.2, 0.25) is 11.8 Å². The van der Waals surface area contributed by atoms with E-state index in [1.54, 1.807) is 6.07 Å². The number of nitrogens with zero attached hydrogens (tertiary/aromatic N) is 3. The molecule has 4 rings (SSSR count). The van der Waals surface area contributed by atoms with Crippen molar-refractivity contribution in [1.82, 2.24) is 4.90 Å². The Morgan fingerprint density at radius 2 is 1.76 bits per heavy atom. The molecule has 3 saturated heterocycles. The maximum Gasteiger partial charge on any atom is 0.239 e. The predicted octanol–water partition coefficient (Wildman–Crippen LogP) is 2.39. The lowest BCUT2D eigenvalue weighted by atomic mass is 9.69. The molecule has 2 amide bonds. The Kier molecular flexibility index (Phi) is 3.17. The fourth-order valence-electron chi connectivity index (χ4n) is 5.27. The maximum atomic E-state index is 13.2. The van der Waals surface area contributed by atoms with Crippen LogP contribution in [0.4, 0.5) is 10.1 Å². The highest BCUT2D eigenvalue weighted by Gasteiger charge is 2.73. The summed E-state index contributed by atoms with van der Waals surface area (Å²) in [7, 11) is 2.00. The summed E-state index contributed by atoms with van der Waals surface area (Å²) >= 11 is 0. The van der Waals surface area contributed by atoms with Crippen molar-refractivity contribution in [3.05, 3.63) is 29.3 Å². The van der Waals surface area contributed by atoms with Gasteiger partial charge in [0.05, 0.1) is 29.2 Å². The molecular formula is C19H20FN3O2. The van der Waals surface area contributed by atoms with Crippen LogP contribution in [0.5, 0.6) is 0 Å². The van der Waals surface area contributed by atoms with Crippen molar-refractivity contribution in [2.45, 2.75) is 44.4 Å². The number of rotatable bonds is 2. The van der Waals surface area contributed by atoms with E-state index in [0.717, 1.165) is 12.8 Å². The van der Waals surface area contributed by atoms with Gasteiger partial charge in [0.15, 0.2) is 0 Å². The van der Waals surface area contributed by atoms with Gasteiger partial charge in [-0.1, -0.05) is 0 Å². The van der Waals surface area contributed by atoms with Crippen LogP contribution in [0.1, 0.15) is 37.8 Å². The van der Waals surface area contributed by atoms with Gasteiger partial charge in [-0.15, -0.1) is 0 Å². The number of fused-ring (bicyclic) bond motifs is 5. The first-order valence-corrected chi connectivity index (χ1v) is 8.50. The van der Waals surface area contributed by atoms with Crippen molar-refractivity contribution in [3.63, 3.8) is 0 Å². The lowest BCUT2D eigenvalue weighted by Gasteiger charge is -2.35. The van der Waals surface area contributed by atoms with E-state index < -0.39 is 6.67 Å². The molecule has 2 unspecified atom stereocenters. The number of carbonyl (C=O) groups is 2. The number of nitriles is 1. The number of halogens is 1. The standard InChI is InChI=1S/C19H20FN3O2/c1-18-6-7-19(2,22(18)3)15-14(18)16(24)23(17(15)25)13-5-4-11(10-21)12(8-13)9-20/h4-5,8,14-15H,6-7,9H2,1-3H3/t14-,15+,18?,19?. The van der Waals surface area contributed by atoms with Crippen LogP contribution < -0.4 is 4.90 Å². The average Bonchev–Trinajstić information content (AvgIpc) is 3.08. The fourth-order valence-corrected chi connectivity index (χ4v) is 5.27. The van der Waals surface area contributed by atoms with Gasteiger partial charge in [0.1, 0.15) is 6.67 Å². The number of benzene rings is 1. The first-order chi connectivity index (χ1) is 11.8. The van der Waals surface area contributed by atoms with Crippen LogP contribution in [0.25, 0.3) is 0 Å². The van der Waals surface area contributed by atoms with Gasteiger partial charge in [-0.3, -0.25) is 14.5 Å². The van der Waals surface area contributed by atoms with Gasteiger partial charge in [-0.2, -0.15) is 5.26 Å². The molecule has 2 bridgehead atoms. The van der Waals surface area contributed by atoms with Gasteiger partial charge >= 0.3 is 0 Å². The molecule has 4 atom stereocenters. The van der Waals surface area contributed by atoms with Crippen LogP contribution >= 0.6 is 0 Å². The molecule has 3 aliphatic heterocycles. The van der Waals surface area contributed by atoms with E-state index in [1.165, 1.54) is 17.0 Å². The summed E-state index contributed by atoms with van der Waals surface area (Å²) in [5.41, 5.74) is 0.150. The Hall–Kier alpha value is -2.26. The third kappa shape index (κ3) is 1.74. The number of hydrogen-bond acceptors (Lipinski definition) is 4. The molecule has 0 spiro atoms. The van der Waals surface area contributed by atoms with Crippen molar-refractivity contribution in [1.29, 1.82) is 5.26 Å². The molecule has 0 aliphatic carbocycles. The third-order valence-corrected chi connectivity index (χ3v) is 6.93. The van der Waals surface area contributed by atoms with Gasteiger partial charge in [-0.25, -0.2) is 9.29 Å². The molecule has 1 aromatic rings. The Morgan fingerprint density at radius 3 is 2.24 bits per heavy atom. The highest BCUT2D eigenvalue weighted by molar-refractivity contribution is 6.23. The molecule has 3 aliphatic rings. The Labute approximate surface area is 146 Å². The number of carbonyl (C=O) groups excluding carboxylic acids is 2. The van der Waals surface area contributed by atoms with E-state index in [2.05, 4.69) is 18.7 Å². The highest BCUT2D eigenvalue weighted by atomic mass is 19.1. The molecule has 0 saturated carbocycles. The third-order valence-electron chi connectivity index (χ3n) is 6.93. The number of anilines is 1. The zero-order valence-electron chi connectivity index (χ0n) is 14.5. The second kappa shape index (κ2) is 4.89. The number of alkyl halides is 1. The second-order valence-electron chi connectivity index (χ2n) is 7.83. The molecule has 0 aromatic heterocycles. The van der Waals surface area contributed by atoms with E-state index in [9.17, 15) is 14.0 Å². The summed E-state index contributed by atoms with van der Waals surface area (Å²) in [5.74, 6) is -1.15. The average molecular weight is 341 g/mol. The molecular weight excluding hydrogens is 321 g/mol. The summed E-state index contributed by atoms with van der Waals surface area (Å²) in [6.07, 6.45) is 1.77. The monoisotopic (exact) mass is 341 g/mol. The van der Waals surface area contributed by atoms with E-state index in [-0.39, 0.29) is 45.9 Å². The van der Waals surface area contributed by atoms with Crippen LogP contribution in [-0.2, 0) is 16.3 Å². The second-order valence-corrected chi connectivity index (χ2v) is 7.83. The Balaban J connectivity index is 1.80. The van der Waals surface area contributed by atoms with Crippen LogP contribution in [0.15, 0.2) is 18.2 Å². The van der Waals surface area contributed by atoms with Gasteiger partial charge in [-0.05, 0) is 51.9 Å². The van der Waals surface area contributed by atoms with Gasteiger partial charge < -0.3 is 0 Å². The minimum atomic E-state index is -0.808. The SMILES string of the molecule is CN1C2(C)CCC1(C)[C@H]1C(=O)N(c3ccc(C#N)c(CF)c3)C(=O)[C@H]12. The quantitative estimate of drug-likeness (QED) is 0.775. The zero-order valence-corrected chi connectivity index (χ0v) is 14.5. The van der Waals surface area contributed by atoms with Crippen molar-refractivity contribution < 1.29 is 14.0 Å². The topological polar surface area (TPSA) is 64.4 Å². The minimum absolute atomic E-state index is 0.204. The number of imide groups is 1. The minimum Gasteiger partial charge on any atom is -0.294 e. The lowest BCUT2D eigenvalue weighted by Crippen LogP contribution is -2.48. The van der Waals surface area contributed by atoms with Crippen molar-refractivity contribution >= 4 is 17.5 Å².